The van der Waals surface area contributed by atoms with Gasteiger partial charge < -0.3 is 15.7 Å². The Balaban J connectivity index is 2.31. The molecule has 0 aromatic heterocycles. The maximum Gasteiger partial charge on any atom is 0.305 e. The lowest BCUT2D eigenvalue weighted by Gasteiger charge is -2.23. The topological polar surface area (TPSA) is 101 Å². The molecule has 1 atom stereocenters. The summed E-state index contributed by atoms with van der Waals surface area (Å²) in [5.74, 6) is -0.542. The third-order valence-electron chi connectivity index (χ3n) is 2.81. The number of carboxylic acid groups (broad SMARTS) is 1. The van der Waals surface area contributed by atoms with Crippen molar-refractivity contribution in [3.05, 3.63) is 0 Å². The van der Waals surface area contributed by atoms with Crippen molar-refractivity contribution in [3.8, 4) is 0 Å². The SMILES string of the molecule is NC(=O)CSCCC(=O)N1CCCC1CC(=O)O. The molecule has 18 heavy (non-hydrogen) atoms. The molecule has 0 radical (unpaired) electrons. The minimum absolute atomic E-state index is 0.0141. The van der Waals surface area contributed by atoms with Crippen molar-refractivity contribution in [3.63, 3.8) is 0 Å². The van der Waals surface area contributed by atoms with Gasteiger partial charge in [0.25, 0.3) is 0 Å². The number of carbonyl (C=O) groups is 3. The van der Waals surface area contributed by atoms with E-state index in [9.17, 15) is 14.4 Å². The third-order valence-corrected chi connectivity index (χ3v) is 3.79. The molecule has 1 saturated heterocycles. The summed E-state index contributed by atoms with van der Waals surface area (Å²) in [6, 6.07) is -0.170. The van der Waals surface area contributed by atoms with Crippen LogP contribution in [0.15, 0.2) is 0 Å². The summed E-state index contributed by atoms with van der Waals surface area (Å²) in [4.78, 5) is 34.7. The van der Waals surface area contributed by atoms with E-state index in [1.807, 2.05) is 0 Å². The molecule has 7 heteroatoms. The van der Waals surface area contributed by atoms with Gasteiger partial charge in [-0.2, -0.15) is 11.8 Å². The predicted molar refractivity (Wildman–Crippen MR) is 68.1 cm³/mol. The van der Waals surface area contributed by atoms with Crippen molar-refractivity contribution < 1.29 is 19.5 Å². The Morgan fingerprint density at radius 1 is 1.39 bits per heavy atom. The van der Waals surface area contributed by atoms with E-state index in [1.54, 1.807) is 4.90 Å². The van der Waals surface area contributed by atoms with E-state index in [0.29, 0.717) is 18.7 Å². The van der Waals surface area contributed by atoms with Gasteiger partial charge >= 0.3 is 5.97 Å². The fraction of sp³-hybridized carbons (Fsp3) is 0.727. The molecule has 1 rings (SSSR count). The molecule has 1 fully saturated rings. The average molecular weight is 274 g/mol. The number of aliphatic carboxylic acids is 1. The van der Waals surface area contributed by atoms with Gasteiger partial charge in [-0.05, 0) is 12.8 Å². The van der Waals surface area contributed by atoms with E-state index in [1.165, 1.54) is 11.8 Å². The molecule has 0 bridgehead atoms. The molecule has 6 nitrogen and oxygen atoms in total. The number of likely N-dealkylation sites (tertiary alicyclic amines) is 1. The highest BCUT2D eigenvalue weighted by Gasteiger charge is 2.29. The van der Waals surface area contributed by atoms with E-state index < -0.39 is 11.9 Å². The molecule has 0 aromatic carbocycles. The molecule has 0 aliphatic carbocycles. The molecule has 0 aromatic rings. The Morgan fingerprint density at radius 3 is 2.72 bits per heavy atom. The lowest BCUT2D eigenvalue weighted by Crippen LogP contribution is -2.37. The van der Waals surface area contributed by atoms with Crippen molar-refractivity contribution in [2.45, 2.75) is 31.7 Å². The highest BCUT2D eigenvalue weighted by molar-refractivity contribution is 7.99. The van der Waals surface area contributed by atoms with Crippen LogP contribution in [0.3, 0.4) is 0 Å². The number of primary amides is 1. The summed E-state index contributed by atoms with van der Waals surface area (Å²) in [6.07, 6.45) is 1.96. The zero-order valence-corrected chi connectivity index (χ0v) is 10.9. The van der Waals surface area contributed by atoms with Gasteiger partial charge in [0.1, 0.15) is 0 Å². The van der Waals surface area contributed by atoms with Crippen LogP contribution in [-0.2, 0) is 14.4 Å². The van der Waals surface area contributed by atoms with Gasteiger partial charge in [0.2, 0.25) is 11.8 Å². The van der Waals surface area contributed by atoms with E-state index >= 15 is 0 Å². The van der Waals surface area contributed by atoms with Crippen molar-refractivity contribution in [2.75, 3.05) is 18.1 Å². The van der Waals surface area contributed by atoms with Crippen LogP contribution < -0.4 is 5.73 Å². The maximum atomic E-state index is 11.9. The second kappa shape index (κ2) is 7.25. The number of carboxylic acids is 1. The number of nitrogens with two attached hydrogens (primary N) is 1. The fourth-order valence-corrected chi connectivity index (χ4v) is 2.72. The first kappa shape index (κ1) is 14.8. The van der Waals surface area contributed by atoms with E-state index in [0.717, 1.165) is 12.8 Å². The Kier molecular flexibility index (Phi) is 5.97. The van der Waals surface area contributed by atoms with Crippen molar-refractivity contribution in [2.24, 2.45) is 5.73 Å². The number of carbonyl (C=O) groups excluding carboxylic acids is 2. The van der Waals surface area contributed by atoms with E-state index in [-0.39, 0.29) is 24.1 Å². The Hall–Kier alpha value is -1.24. The average Bonchev–Trinajstić information content (AvgIpc) is 2.71. The molecular formula is C11H18N2O4S. The molecule has 1 aliphatic rings. The molecule has 1 unspecified atom stereocenters. The zero-order valence-electron chi connectivity index (χ0n) is 10.1. The fourth-order valence-electron chi connectivity index (χ4n) is 2.05. The first-order valence-electron chi connectivity index (χ1n) is 5.88. The van der Waals surface area contributed by atoms with Crippen LogP contribution in [-0.4, -0.2) is 51.9 Å². The highest BCUT2D eigenvalue weighted by Crippen LogP contribution is 2.21. The molecule has 0 spiro atoms. The third kappa shape index (κ3) is 4.95. The summed E-state index contributed by atoms with van der Waals surface area (Å²) in [7, 11) is 0. The van der Waals surface area contributed by atoms with Gasteiger partial charge in [-0.1, -0.05) is 0 Å². The van der Waals surface area contributed by atoms with Gasteiger partial charge in [0, 0.05) is 24.8 Å². The number of amides is 2. The predicted octanol–water partition coefficient (Wildman–Crippen LogP) is 0.0607. The minimum Gasteiger partial charge on any atom is -0.481 e. The van der Waals surface area contributed by atoms with Crippen LogP contribution in [0.4, 0.5) is 0 Å². The Labute approximate surface area is 110 Å². The van der Waals surface area contributed by atoms with Gasteiger partial charge in [0.05, 0.1) is 12.2 Å². The maximum absolute atomic E-state index is 11.9. The van der Waals surface area contributed by atoms with Crippen molar-refractivity contribution in [1.29, 1.82) is 0 Å². The van der Waals surface area contributed by atoms with Crippen LogP contribution in [0, 0.1) is 0 Å². The smallest absolute Gasteiger partial charge is 0.305 e. The molecule has 102 valence electrons. The molecule has 1 heterocycles. The molecular weight excluding hydrogens is 256 g/mol. The van der Waals surface area contributed by atoms with Gasteiger partial charge in [-0.3, -0.25) is 14.4 Å². The lowest BCUT2D eigenvalue weighted by atomic mass is 10.1. The summed E-state index contributed by atoms with van der Waals surface area (Å²) < 4.78 is 0. The van der Waals surface area contributed by atoms with Crippen molar-refractivity contribution >= 4 is 29.5 Å². The summed E-state index contributed by atoms with van der Waals surface area (Å²) in [6.45, 7) is 0.636. The normalized spacial score (nSPS) is 18.9. The number of rotatable bonds is 7. The standard InChI is InChI=1S/C11H18N2O4S/c12-9(14)7-18-5-3-10(15)13-4-1-2-8(13)6-11(16)17/h8H,1-7H2,(H2,12,14)(H,16,17). The summed E-state index contributed by atoms with van der Waals surface area (Å²) in [5, 5.41) is 8.76. The molecule has 0 saturated carbocycles. The highest BCUT2D eigenvalue weighted by atomic mass is 32.2. The molecule has 3 N–H and O–H groups in total. The number of thioether (sulfide) groups is 1. The number of hydrogen-bond acceptors (Lipinski definition) is 4. The summed E-state index contributed by atoms with van der Waals surface area (Å²) in [5.41, 5.74) is 4.99. The second-order valence-corrected chi connectivity index (χ2v) is 5.36. The van der Waals surface area contributed by atoms with Gasteiger partial charge in [0.15, 0.2) is 0 Å². The van der Waals surface area contributed by atoms with Gasteiger partial charge in [-0.25, -0.2) is 0 Å². The first-order valence-corrected chi connectivity index (χ1v) is 7.03. The number of nitrogens with zero attached hydrogens (tertiary/aromatic N) is 1. The van der Waals surface area contributed by atoms with Crippen LogP contribution in [0.1, 0.15) is 25.7 Å². The second-order valence-electron chi connectivity index (χ2n) is 4.25. The quantitative estimate of drug-likeness (QED) is 0.639. The van der Waals surface area contributed by atoms with E-state index in [2.05, 4.69) is 0 Å². The molecule has 1 aliphatic heterocycles. The van der Waals surface area contributed by atoms with E-state index in [4.69, 9.17) is 10.8 Å². The zero-order chi connectivity index (χ0) is 13.5. The largest absolute Gasteiger partial charge is 0.481 e. The number of hydrogen-bond donors (Lipinski definition) is 2. The van der Waals surface area contributed by atoms with Crippen LogP contribution in [0.2, 0.25) is 0 Å². The Bertz CT molecular complexity index is 335. The minimum atomic E-state index is -0.872. The first-order chi connectivity index (χ1) is 8.50. The van der Waals surface area contributed by atoms with Crippen molar-refractivity contribution in [1.82, 2.24) is 4.90 Å². The molecule has 2 amide bonds. The van der Waals surface area contributed by atoms with Crippen LogP contribution >= 0.6 is 11.8 Å². The lowest BCUT2D eigenvalue weighted by molar-refractivity contribution is -0.139. The van der Waals surface area contributed by atoms with Crippen LogP contribution in [0.25, 0.3) is 0 Å². The van der Waals surface area contributed by atoms with Crippen LogP contribution in [0.5, 0.6) is 0 Å². The summed E-state index contributed by atoms with van der Waals surface area (Å²) >= 11 is 1.33. The Morgan fingerprint density at radius 2 is 2.11 bits per heavy atom. The monoisotopic (exact) mass is 274 g/mol. The van der Waals surface area contributed by atoms with Gasteiger partial charge in [-0.15, -0.1) is 0 Å².